The van der Waals surface area contributed by atoms with Crippen LogP contribution in [0.3, 0.4) is 0 Å². The maximum Gasteiger partial charge on any atom is 0.134 e. The predicted octanol–water partition coefficient (Wildman–Crippen LogP) is 2.83. The minimum absolute atomic E-state index is 0.470. The standard InChI is InChI=1S/C15H20N2OS/c1-17(11-6-7-19-10-11)9-13-12-4-2-3-5-14(12)18-15(13)8-16/h2-5,11H,6-10,16H2,1H3. The molecule has 0 bridgehead atoms. The van der Waals surface area contributed by atoms with Crippen molar-refractivity contribution < 1.29 is 4.42 Å². The van der Waals surface area contributed by atoms with Crippen molar-refractivity contribution in [3.05, 3.63) is 35.6 Å². The highest BCUT2D eigenvalue weighted by Gasteiger charge is 2.22. The molecule has 1 atom stereocenters. The Hall–Kier alpha value is -0.970. The first-order valence-electron chi connectivity index (χ1n) is 6.77. The third-order valence-electron chi connectivity index (χ3n) is 3.90. The molecule has 0 saturated carbocycles. The van der Waals surface area contributed by atoms with Crippen LogP contribution in [0.25, 0.3) is 11.0 Å². The summed E-state index contributed by atoms with van der Waals surface area (Å²) in [6.07, 6.45) is 1.29. The van der Waals surface area contributed by atoms with Gasteiger partial charge in [-0.05, 0) is 25.3 Å². The molecule has 1 aromatic heterocycles. The molecule has 102 valence electrons. The Labute approximate surface area is 118 Å². The first kappa shape index (κ1) is 13.0. The van der Waals surface area contributed by atoms with Crippen molar-refractivity contribution in [2.45, 2.75) is 25.6 Å². The highest BCUT2D eigenvalue weighted by atomic mass is 32.2. The Morgan fingerprint density at radius 3 is 3.00 bits per heavy atom. The summed E-state index contributed by atoms with van der Waals surface area (Å²) >= 11 is 2.05. The summed E-state index contributed by atoms with van der Waals surface area (Å²) in [7, 11) is 2.21. The molecule has 0 amide bonds. The van der Waals surface area contributed by atoms with Crippen LogP contribution in [-0.4, -0.2) is 29.5 Å². The van der Waals surface area contributed by atoms with Crippen LogP contribution in [0.5, 0.6) is 0 Å². The summed E-state index contributed by atoms with van der Waals surface area (Å²) in [5.74, 6) is 3.45. The van der Waals surface area contributed by atoms with Crippen molar-refractivity contribution in [3.63, 3.8) is 0 Å². The Morgan fingerprint density at radius 2 is 2.26 bits per heavy atom. The largest absolute Gasteiger partial charge is 0.459 e. The second-order valence-electron chi connectivity index (χ2n) is 5.14. The van der Waals surface area contributed by atoms with E-state index in [0.29, 0.717) is 12.6 Å². The van der Waals surface area contributed by atoms with Gasteiger partial charge in [-0.3, -0.25) is 4.90 Å². The first-order chi connectivity index (χ1) is 9.29. The molecule has 2 aromatic rings. The molecular formula is C15H20N2OS. The average molecular weight is 276 g/mol. The predicted molar refractivity (Wildman–Crippen MR) is 81.3 cm³/mol. The van der Waals surface area contributed by atoms with Crippen LogP contribution in [0.15, 0.2) is 28.7 Å². The molecule has 19 heavy (non-hydrogen) atoms. The Morgan fingerprint density at radius 1 is 1.42 bits per heavy atom. The summed E-state index contributed by atoms with van der Waals surface area (Å²) in [5.41, 5.74) is 8.04. The lowest BCUT2D eigenvalue weighted by molar-refractivity contribution is 0.253. The first-order valence-corrected chi connectivity index (χ1v) is 7.92. The van der Waals surface area contributed by atoms with Gasteiger partial charge in [0.05, 0.1) is 6.54 Å². The molecule has 3 nitrogen and oxygen atoms in total. The van der Waals surface area contributed by atoms with Crippen molar-refractivity contribution in [3.8, 4) is 0 Å². The van der Waals surface area contributed by atoms with Gasteiger partial charge in [-0.15, -0.1) is 0 Å². The van der Waals surface area contributed by atoms with Crippen molar-refractivity contribution in [2.24, 2.45) is 5.73 Å². The number of hydrogen-bond donors (Lipinski definition) is 1. The number of thioether (sulfide) groups is 1. The van der Waals surface area contributed by atoms with Gasteiger partial charge >= 0.3 is 0 Å². The zero-order valence-corrected chi connectivity index (χ0v) is 12.1. The van der Waals surface area contributed by atoms with Gasteiger partial charge in [0.1, 0.15) is 11.3 Å². The smallest absolute Gasteiger partial charge is 0.134 e. The lowest BCUT2D eigenvalue weighted by atomic mass is 10.1. The molecule has 1 fully saturated rings. The average Bonchev–Trinajstić information content (AvgIpc) is 3.06. The number of benzene rings is 1. The fourth-order valence-electron chi connectivity index (χ4n) is 2.74. The number of hydrogen-bond acceptors (Lipinski definition) is 4. The maximum atomic E-state index is 5.85. The SMILES string of the molecule is CN(Cc1c(CN)oc2ccccc12)C1CCSC1. The minimum Gasteiger partial charge on any atom is -0.459 e. The normalized spacial score (nSPS) is 19.6. The van der Waals surface area contributed by atoms with Crippen LogP contribution >= 0.6 is 11.8 Å². The van der Waals surface area contributed by atoms with E-state index in [0.717, 1.165) is 17.9 Å². The van der Waals surface area contributed by atoms with E-state index in [9.17, 15) is 0 Å². The summed E-state index contributed by atoms with van der Waals surface area (Å²) < 4.78 is 5.85. The third kappa shape index (κ3) is 2.53. The number of fused-ring (bicyclic) bond motifs is 1. The molecule has 1 saturated heterocycles. The summed E-state index contributed by atoms with van der Waals surface area (Å²) in [6.45, 7) is 1.39. The van der Waals surface area contributed by atoms with Crippen LogP contribution in [0.1, 0.15) is 17.7 Å². The molecule has 1 unspecified atom stereocenters. The quantitative estimate of drug-likeness (QED) is 0.932. The van der Waals surface area contributed by atoms with Gasteiger partial charge in [-0.1, -0.05) is 18.2 Å². The van der Waals surface area contributed by atoms with E-state index in [1.807, 2.05) is 23.9 Å². The number of rotatable bonds is 4. The Kier molecular flexibility index (Phi) is 3.82. The van der Waals surface area contributed by atoms with Gasteiger partial charge < -0.3 is 10.2 Å². The number of para-hydroxylation sites is 1. The molecule has 0 aliphatic carbocycles. The van der Waals surface area contributed by atoms with Crippen LogP contribution < -0.4 is 5.73 Å². The third-order valence-corrected chi connectivity index (χ3v) is 5.05. The van der Waals surface area contributed by atoms with Crippen molar-refractivity contribution >= 4 is 22.7 Å². The van der Waals surface area contributed by atoms with E-state index in [4.69, 9.17) is 10.2 Å². The molecular weight excluding hydrogens is 256 g/mol. The summed E-state index contributed by atoms with van der Waals surface area (Å²) in [6, 6.07) is 8.90. The van der Waals surface area contributed by atoms with Crippen molar-refractivity contribution in [2.75, 3.05) is 18.6 Å². The summed E-state index contributed by atoms with van der Waals surface area (Å²) in [4.78, 5) is 2.44. The van der Waals surface area contributed by atoms with Crippen molar-refractivity contribution in [1.82, 2.24) is 4.90 Å². The second-order valence-corrected chi connectivity index (χ2v) is 6.29. The molecule has 2 heterocycles. The molecule has 2 N–H and O–H groups in total. The van der Waals surface area contributed by atoms with Gasteiger partial charge in [0.25, 0.3) is 0 Å². The van der Waals surface area contributed by atoms with Crippen LogP contribution in [-0.2, 0) is 13.1 Å². The number of nitrogens with two attached hydrogens (primary N) is 1. The highest BCUT2D eigenvalue weighted by molar-refractivity contribution is 7.99. The fraction of sp³-hybridized carbons (Fsp3) is 0.467. The Balaban J connectivity index is 1.90. The Bertz CT molecular complexity index is 560. The molecule has 1 aliphatic rings. The zero-order valence-electron chi connectivity index (χ0n) is 11.3. The second kappa shape index (κ2) is 5.57. The number of furan rings is 1. The van der Waals surface area contributed by atoms with E-state index >= 15 is 0 Å². The van der Waals surface area contributed by atoms with Crippen LogP contribution in [0.4, 0.5) is 0 Å². The van der Waals surface area contributed by atoms with E-state index in [1.54, 1.807) is 0 Å². The fourth-order valence-corrected chi connectivity index (χ4v) is 4.03. The highest BCUT2D eigenvalue weighted by Crippen LogP contribution is 2.29. The molecule has 0 radical (unpaired) electrons. The minimum atomic E-state index is 0.470. The monoisotopic (exact) mass is 276 g/mol. The van der Waals surface area contributed by atoms with Gasteiger partial charge in [0.2, 0.25) is 0 Å². The van der Waals surface area contributed by atoms with E-state index in [1.165, 1.54) is 28.9 Å². The van der Waals surface area contributed by atoms with Crippen molar-refractivity contribution in [1.29, 1.82) is 0 Å². The molecule has 3 rings (SSSR count). The van der Waals surface area contributed by atoms with E-state index in [-0.39, 0.29) is 0 Å². The summed E-state index contributed by atoms with van der Waals surface area (Å²) in [5, 5.41) is 1.21. The van der Waals surface area contributed by atoms with Crippen LogP contribution in [0, 0.1) is 0 Å². The number of nitrogens with zero attached hydrogens (tertiary/aromatic N) is 1. The molecule has 4 heteroatoms. The lowest BCUT2D eigenvalue weighted by Gasteiger charge is -2.23. The van der Waals surface area contributed by atoms with Gasteiger partial charge in [0, 0.05) is 29.3 Å². The topological polar surface area (TPSA) is 42.4 Å². The molecule has 0 spiro atoms. The maximum absolute atomic E-state index is 5.85. The van der Waals surface area contributed by atoms with Gasteiger partial charge in [-0.2, -0.15) is 11.8 Å². The zero-order chi connectivity index (χ0) is 13.2. The van der Waals surface area contributed by atoms with E-state index < -0.39 is 0 Å². The van der Waals surface area contributed by atoms with Crippen LogP contribution in [0.2, 0.25) is 0 Å². The lowest BCUT2D eigenvalue weighted by Crippen LogP contribution is -2.31. The van der Waals surface area contributed by atoms with E-state index in [2.05, 4.69) is 24.1 Å². The molecule has 1 aromatic carbocycles. The van der Waals surface area contributed by atoms with Gasteiger partial charge in [-0.25, -0.2) is 0 Å². The molecule has 1 aliphatic heterocycles. The van der Waals surface area contributed by atoms with Gasteiger partial charge in [0.15, 0.2) is 0 Å².